The number of ether oxygens (including phenoxy) is 1. The number of piperidine rings is 1. The highest BCUT2D eigenvalue weighted by Crippen LogP contribution is 2.38. The fourth-order valence-corrected chi connectivity index (χ4v) is 4.70. The Kier molecular flexibility index (Phi) is 7.41. The Hall–Kier alpha value is -3.38. The molecule has 2 aromatic carbocycles. The van der Waals surface area contributed by atoms with Gasteiger partial charge in [-0.3, -0.25) is 4.79 Å². The SMILES string of the molecule is CC(C)(C)OC(=O)NC(CO)CC(=O)N1CCC(=C2c3ccccc3C=Cc3ccccc32)CC1. The van der Waals surface area contributed by atoms with Crippen LogP contribution in [0, 0.1) is 0 Å². The van der Waals surface area contributed by atoms with Crippen molar-refractivity contribution in [3.63, 3.8) is 0 Å². The van der Waals surface area contributed by atoms with E-state index in [-0.39, 0.29) is 18.9 Å². The second-order valence-electron chi connectivity index (χ2n) is 10.1. The van der Waals surface area contributed by atoms with Gasteiger partial charge in [0, 0.05) is 19.5 Å². The van der Waals surface area contributed by atoms with Crippen molar-refractivity contribution in [2.24, 2.45) is 0 Å². The molecule has 2 aliphatic rings. The van der Waals surface area contributed by atoms with E-state index in [0.717, 1.165) is 12.8 Å². The number of carbonyl (C=O) groups is 2. The van der Waals surface area contributed by atoms with E-state index in [4.69, 9.17) is 4.74 Å². The van der Waals surface area contributed by atoms with Crippen molar-refractivity contribution in [3.8, 4) is 0 Å². The van der Waals surface area contributed by atoms with Crippen LogP contribution in [0.5, 0.6) is 0 Å². The largest absolute Gasteiger partial charge is 0.444 e. The molecule has 0 saturated carbocycles. The molecule has 2 amide bonds. The van der Waals surface area contributed by atoms with Gasteiger partial charge in [-0.05, 0) is 61.4 Å². The Labute approximate surface area is 207 Å². The number of benzene rings is 2. The van der Waals surface area contributed by atoms with Gasteiger partial charge in [-0.25, -0.2) is 4.79 Å². The minimum Gasteiger partial charge on any atom is -0.444 e. The molecular formula is C29H34N2O4. The summed E-state index contributed by atoms with van der Waals surface area (Å²) in [6.07, 6.45) is 5.33. The maximum Gasteiger partial charge on any atom is 0.407 e. The normalized spacial score (nSPS) is 16.2. The molecule has 2 N–H and O–H groups in total. The lowest BCUT2D eigenvalue weighted by molar-refractivity contribution is -0.132. The number of nitrogens with zero attached hydrogens (tertiary/aromatic N) is 1. The highest BCUT2D eigenvalue weighted by Gasteiger charge is 2.27. The molecule has 184 valence electrons. The lowest BCUT2D eigenvalue weighted by Crippen LogP contribution is -2.45. The Balaban J connectivity index is 1.48. The van der Waals surface area contributed by atoms with Crippen molar-refractivity contribution in [1.82, 2.24) is 10.2 Å². The van der Waals surface area contributed by atoms with Gasteiger partial charge < -0.3 is 20.1 Å². The molecule has 1 aliphatic carbocycles. The summed E-state index contributed by atoms with van der Waals surface area (Å²) in [5.41, 5.74) is 6.83. The zero-order chi connectivity index (χ0) is 25.0. The van der Waals surface area contributed by atoms with Crippen LogP contribution in [0.2, 0.25) is 0 Å². The molecule has 1 fully saturated rings. The van der Waals surface area contributed by atoms with Gasteiger partial charge in [-0.2, -0.15) is 0 Å². The van der Waals surface area contributed by atoms with Crippen molar-refractivity contribution in [2.75, 3.05) is 19.7 Å². The number of rotatable bonds is 4. The first-order valence-electron chi connectivity index (χ1n) is 12.2. The van der Waals surface area contributed by atoms with Gasteiger partial charge >= 0.3 is 6.09 Å². The number of aliphatic hydroxyl groups excluding tert-OH is 1. The molecule has 0 bridgehead atoms. The summed E-state index contributed by atoms with van der Waals surface area (Å²) in [5, 5.41) is 12.3. The Morgan fingerprint density at radius 3 is 2.03 bits per heavy atom. The van der Waals surface area contributed by atoms with E-state index < -0.39 is 17.7 Å². The van der Waals surface area contributed by atoms with Crippen molar-refractivity contribution in [2.45, 2.75) is 51.7 Å². The van der Waals surface area contributed by atoms with Crippen molar-refractivity contribution >= 4 is 29.7 Å². The third kappa shape index (κ3) is 6.01. The summed E-state index contributed by atoms with van der Waals surface area (Å²) >= 11 is 0. The van der Waals surface area contributed by atoms with Crippen LogP contribution in [0.1, 0.15) is 62.3 Å². The number of hydrogen-bond donors (Lipinski definition) is 2. The van der Waals surface area contributed by atoms with Gasteiger partial charge in [0.05, 0.1) is 12.6 Å². The smallest absolute Gasteiger partial charge is 0.407 e. The van der Waals surface area contributed by atoms with Crippen LogP contribution >= 0.6 is 0 Å². The van der Waals surface area contributed by atoms with Gasteiger partial charge in [0.15, 0.2) is 0 Å². The zero-order valence-electron chi connectivity index (χ0n) is 20.7. The van der Waals surface area contributed by atoms with Gasteiger partial charge in [0.2, 0.25) is 5.91 Å². The first kappa shape index (κ1) is 24.7. The first-order chi connectivity index (χ1) is 16.7. The minimum atomic E-state index is -0.677. The summed E-state index contributed by atoms with van der Waals surface area (Å²) in [6.45, 7) is 6.21. The number of hydrogen-bond acceptors (Lipinski definition) is 4. The number of alkyl carbamates (subject to hydrolysis) is 1. The number of nitrogens with one attached hydrogen (secondary N) is 1. The van der Waals surface area contributed by atoms with E-state index in [1.807, 2.05) is 4.90 Å². The molecule has 1 unspecified atom stereocenters. The standard InChI is InChI=1S/C29H34N2O4/c1-29(2,3)35-28(34)30-23(19-32)18-26(33)31-16-14-22(15-17-31)27-24-10-6-4-8-20(24)12-13-21-9-5-7-11-25(21)27/h4-13,23,32H,14-19H2,1-3H3,(H,30,34). The topological polar surface area (TPSA) is 78.9 Å². The fraction of sp³-hybridized carbons (Fsp3) is 0.379. The lowest BCUT2D eigenvalue weighted by Gasteiger charge is -2.32. The van der Waals surface area contributed by atoms with Crippen molar-refractivity contribution in [3.05, 3.63) is 76.4 Å². The molecule has 6 nitrogen and oxygen atoms in total. The molecular weight excluding hydrogens is 440 g/mol. The van der Waals surface area contributed by atoms with Gasteiger partial charge in [0.25, 0.3) is 0 Å². The molecule has 6 heteroatoms. The van der Waals surface area contributed by atoms with Gasteiger partial charge in [0.1, 0.15) is 5.60 Å². The molecule has 1 atom stereocenters. The van der Waals surface area contributed by atoms with Crippen molar-refractivity contribution < 1.29 is 19.4 Å². The number of amides is 2. The molecule has 4 rings (SSSR count). The van der Waals surface area contributed by atoms with Crippen LogP contribution in [0.25, 0.3) is 17.7 Å². The Morgan fingerprint density at radius 1 is 0.971 bits per heavy atom. The molecule has 0 aromatic heterocycles. The summed E-state index contributed by atoms with van der Waals surface area (Å²) in [7, 11) is 0. The summed E-state index contributed by atoms with van der Waals surface area (Å²) in [6, 6.07) is 16.2. The van der Waals surface area contributed by atoms with Crippen LogP contribution in [0.3, 0.4) is 0 Å². The maximum absolute atomic E-state index is 13.0. The quantitative estimate of drug-likeness (QED) is 0.565. The third-order valence-corrected chi connectivity index (χ3v) is 6.34. The monoisotopic (exact) mass is 474 g/mol. The molecule has 0 radical (unpaired) electrons. The third-order valence-electron chi connectivity index (χ3n) is 6.34. The molecule has 2 aromatic rings. The van der Waals surface area contributed by atoms with Gasteiger partial charge in [-0.15, -0.1) is 0 Å². The average Bonchev–Trinajstić information content (AvgIpc) is 2.99. The fourth-order valence-electron chi connectivity index (χ4n) is 4.70. The van der Waals surface area contributed by atoms with E-state index in [1.54, 1.807) is 20.8 Å². The Morgan fingerprint density at radius 2 is 1.51 bits per heavy atom. The minimum absolute atomic E-state index is 0.0389. The summed E-state index contributed by atoms with van der Waals surface area (Å²) in [4.78, 5) is 26.8. The maximum atomic E-state index is 13.0. The molecule has 35 heavy (non-hydrogen) atoms. The van der Waals surface area contributed by atoms with Crippen LogP contribution in [0.4, 0.5) is 4.79 Å². The van der Waals surface area contributed by atoms with E-state index in [2.05, 4.69) is 66.0 Å². The predicted molar refractivity (Wildman–Crippen MR) is 139 cm³/mol. The van der Waals surface area contributed by atoms with E-state index in [0.29, 0.717) is 13.1 Å². The van der Waals surface area contributed by atoms with Crippen molar-refractivity contribution in [1.29, 1.82) is 0 Å². The molecule has 1 saturated heterocycles. The summed E-state index contributed by atoms with van der Waals surface area (Å²) in [5.74, 6) is -0.0764. The second kappa shape index (κ2) is 10.5. The number of likely N-dealkylation sites (tertiary alicyclic amines) is 1. The predicted octanol–water partition coefficient (Wildman–Crippen LogP) is 4.87. The number of fused-ring (bicyclic) bond motifs is 2. The molecule has 0 spiro atoms. The average molecular weight is 475 g/mol. The second-order valence-corrected chi connectivity index (χ2v) is 10.1. The zero-order valence-corrected chi connectivity index (χ0v) is 20.7. The Bertz CT molecular complexity index is 1100. The van der Waals surface area contributed by atoms with E-state index in [9.17, 15) is 14.7 Å². The highest BCUT2D eigenvalue weighted by molar-refractivity contribution is 5.95. The highest BCUT2D eigenvalue weighted by atomic mass is 16.6. The molecule has 1 aliphatic heterocycles. The summed E-state index contributed by atoms with van der Waals surface area (Å²) < 4.78 is 5.25. The van der Waals surface area contributed by atoms with Crippen LogP contribution < -0.4 is 5.32 Å². The number of aliphatic hydroxyl groups is 1. The van der Waals surface area contributed by atoms with E-state index in [1.165, 1.54) is 33.4 Å². The van der Waals surface area contributed by atoms with Crippen LogP contribution in [0.15, 0.2) is 54.1 Å². The van der Waals surface area contributed by atoms with Crippen LogP contribution in [-0.2, 0) is 9.53 Å². The van der Waals surface area contributed by atoms with Gasteiger partial charge in [-0.1, -0.05) is 66.3 Å². The lowest BCUT2D eigenvalue weighted by atomic mass is 9.86. The van der Waals surface area contributed by atoms with E-state index >= 15 is 0 Å². The molecule has 1 heterocycles. The van der Waals surface area contributed by atoms with Crippen LogP contribution in [-0.4, -0.2) is 53.3 Å². The number of carbonyl (C=O) groups excluding carboxylic acids is 2. The first-order valence-corrected chi connectivity index (χ1v) is 12.2.